The maximum absolute atomic E-state index is 12.2. The third kappa shape index (κ3) is 2.61. The van der Waals surface area contributed by atoms with E-state index in [0.717, 1.165) is 47.9 Å². The SMILES string of the molecule is COc1ccccc1-c1ccc2c(c1)N1CCNCC1CC(=O)N2. The number of carbonyl (C=O) groups is 1. The first-order valence-electron chi connectivity index (χ1n) is 8.31. The van der Waals surface area contributed by atoms with Crippen molar-refractivity contribution in [1.29, 1.82) is 0 Å². The summed E-state index contributed by atoms with van der Waals surface area (Å²) in [5, 5.41) is 6.43. The highest BCUT2D eigenvalue weighted by atomic mass is 16.5. The zero-order chi connectivity index (χ0) is 16.5. The molecule has 0 aliphatic carbocycles. The fourth-order valence-corrected chi connectivity index (χ4v) is 3.60. The van der Waals surface area contributed by atoms with Gasteiger partial charge in [-0.1, -0.05) is 24.3 Å². The number of piperazine rings is 1. The molecular formula is C19H21N3O2. The minimum Gasteiger partial charge on any atom is -0.496 e. The van der Waals surface area contributed by atoms with Crippen LogP contribution in [-0.4, -0.2) is 38.7 Å². The Morgan fingerprint density at radius 1 is 1.21 bits per heavy atom. The highest BCUT2D eigenvalue weighted by molar-refractivity contribution is 5.98. The Labute approximate surface area is 141 Å². The van der Waals surface area contributed by atoms with E-state index in [2.05, 4.69) is 27.7 Å². The second kappa shape index (κ2) is 6.17. The van der Waals surface area contributed by atoms with Gasteiger partial charge in [-0.25, -0.2) is 0 Å². The highest BCUT2D eigenvalue weighted by Crippen LogP contribution is 2.38. The lowest BCUT2D eigenvalue weighted by Gasteiger charge is -2.36. The summed E-state index contributed by atoms with van der Waals surface area (Å²) in [6.45, 7) is 2.68. The van der Waals surface area contributed by atoms with E-state index in [1.165, 1.54) is 0 Å². The van der Waals surface area contributed by atoms with E-state index in [4.69, 9.17) is 4.74 Å². The van der Waals surface area contributed by atoms with Crippen LogP contribution in [0.4, 0.5) is 11.4 Å². The molecule has 2 aromatic carbocycles. The van der Waals surface area contributed by atoms with E-state index >= 15 is 0 Å². The van der Waals surface area contributed by atoms with E-state index in [9.17, 15) is 4.79 Å². The first kappa shape index (κ1) is 15.0. The summed E-state index contributed by atoms with van der Waals surface area (Å²) in [4.78, 5) is 14.5. The molecule has 0 radical (unpaired) electrons. The predicted octanol–water partition coefficient (Wildman–Crippen LogP) is 2.48. The number of rotatable bonds is 2. The molecule has 24 heavy (non-hydrogen) atoms. The Balaban J connectivity index is 1.81. The lowest BCUT2D eigenvalue weighted by atomic mass is 10.0. The molecule has 0 saturated carbocycles. The summed E-state index contributed by atoms with van der Waals surface area (Å²) in [5.41, 5.74) is 4.14. The highest BCUT2D eigenvalue weighted by Gasteiger charge is 2.30. The first-order chi connectivity index (χ1) is 11.8. The van der Waals surface area contributed by atoms with Crippen molar-refractivity contribution >= 4 is 17.3 Å². The van der Waals surface area contributed by atoms with E-state index in [1.807, 2.05) is 30.3 Å². The first-order valence-corrected chi connectivity index (χ1v) is 8.31. The van der Waals surface area contributed by atoms with Crippen molar-refractivity contribution in [2.75, 3.05) is 37.0 Å². The fraction of sp³-hybridized carbons (Fsp3) is 0.316. The van der Waals surface area contributed by atoms with Crippen molar-refractivity contribution in [3.8, 4) is 16.9 Å². The van der Waals surface area contributed by atoms with Gasteiger partial charge >= 0.3 is 0 Å². The minimum absolute atomic E-state index is 0.0810. The lowest BCUT2D eigenvalue weighted by molar-refractivity contribution is -0.116. The zero-order valence-corrected chi connectivity index (χ0v) is 13.7. The number of ether oxygens (including phenoxy) is 1. The topological polar surface area (TPSA) is 53.6 Å². The Bertz CT molecular complexity index is 775. The maximum Gasteiger partial charge on any atom is 0.226 e. The quantitative estimate of drug-likeness (QED) is 0.891. The molecule has 1 saturated heterocycles. The molecule has 4 rings (SSSR count). The summed E-state index contributed by atoms with van der Waals surface area (Å²) in [6.07, 6.45) is 0.520. The number of nitrogens with zero attached hydrogens (tertiary/aromatic N) is 1. The van der Waals surface area contributed by atoms with Gasteiger partial charge in [0.05, 0.1) is 24.5 Å². The van der Waals surface area contributed by atoms with E-state index in [1.54, 1.807) is 7.11 Å². The number of carbonyl (C=O) groups excluding carboxylic acids is 1. The molecule has 0 spiro atoms. The molecule has 2 heterocycles. The number of amides is 1. The Kier molecular flexibility index (Phi) is 3.86. The summed E-state index contributed by atoms with van der Waals surface area (Å²) >= 11 is 0. The van der Waals surface area contributed by atoms with E-state index in [0.29, 0.717) is 6.42 Å². The largest absolute Gasteiger partial charge is 0.496 e. The predicted molar refractivity (Wildman–Crippen MR) is 95.7 cm³/mol. The fourth-order valence-electron chi connectivity index (χ4n) is 3.60. The molecule has 1 unspecified atom stereocenters. The smallest absolute Gasteiger partial charge is 0.226 e. The van der Waals surface area contributed by atoms with Crippen molar-refractivity contribution in [1.82, 2.24) is 5.32 Å². The van der Waals surface area contributed by atoms with Crippen LogP contribution < -0.4 is 20.3 Å². The van der Waals surface area contributed by atoms with Gasteiger partial charge in [0.25, 0.3) is 0 Å². The zero-order valence-electron chi connectivity index (χ0n) is 13.7. The average molecular weight is 323 g/mol. The van der Waals surface area contributed by atoms with Crippen LogP contribution in [0.2, 0.25) is 0 Å². The monoisotopic (exact) mass is 323 g/mol. The Hall–Kier alpha value is -2.53. The second-order valence-electron chi connectivity index (χ2n) is 6.24. The van der Waals surface area contributed by atoms with Gasteiger partial charge in [0.1, 0.15) is 5.75 Å². The summed E-state index contributed by atoms with van der Waals surface area (Å²) < 4.78 is 5.50. The number of para-hydroxylation sites is 1. The van der Waals surface area contributed by atoms with Gasteiger partial charge in [-0.3, -0.25) is 4.79 Å². The van der Waals surface area contributed by atoms with Gasteiger partial charge in [0.2, 0.25) is 5.91 Å². The van der Waals surface area contributed by atoms with Crippen molar-refractivity contribution in [3.63, 3.8) is 0 Å². The number of hydrogen-bond acceptors (Lipinski definition) is 4. The molecule has 2 aliphatic heterocycles. The third-order valence-electron chi connectivity index (χ3n) is 4.77. The molecular weight excluding hydrogens is 302 g/mol. The molecule has 5 heteroatoms. The number of nitrogens with one attached hydrogen (secondary N) is 2. The van der Waals surface area contributed by atoms with Crippen LogP contribution in [0.25, 0.3) is 11.1 Å². The van der Waals surface area contributed by atoms with Gasteiger partial charge in [-0.05, 0) is 23.8 Å². The number of fused-ring (bicyclic) bond motifs is 3. The third-order valence-corrected chi connectivity index (χ3v) is 4.77. The van der Waals surface area contributed by atoms with Crippen molar-refractivity contribution in [2.45, 2.75) is 12.5 Å². The normalized spacial score (nSPS) is 19.8. The molecule has 1 amide bonds. The molecule has 1 atom stereocenters. The van der Waals surface area contributed by atoms with Gasteiger partial charge in [-0.15, -0.1) is 0 Å². The molecule has 2 aromatic rings. The van der Waals surface area contributed by atoms with Crippen molar-refractivity contribution in [2.24, 2.45) is 0 Å². The van der Waals surface area contributed by atoms with Crippen LogP contribution >= 0.6 is 0 Å². The molecule has 0 aromatic heterocycles. The standard InChI is InChI=1S/C19H21N3O2/c1-24-18-5-3-2-4-15(18)13-6-7-16-17(10-13)22-9-8-20-12-14(22)11-19(23)21-16/h2-7,10,14,20H,8-9,11-12H2,1H3,(H,21,23). The van der Waals surface area contributed by atoms with Crippen LogP contribution in [-0.2, 0) is 4.79 Å². The maximum atomic E-state index is 12.2. The number of methoxy groups -OCH3 is 1. The van der Waals surface area contributed by atoms with Gasteiger partial charge in [0.15, 0.2) is 0 Å². The molecule has 1 fully saturated rings. The van der Waals surface area contributed by atoms with Crippen LogP contribution in [0.1, 0.15) is 6.42 Å². The van der Waals surface area contributed by atoms with Gasteiger partial charge in [0, 0.05) is 31.6 Å². The molecule has 124 valence electrons. The van der Waals surface area contributed by atoms with Crippen molar-refractivity contribution in [3.05, 3.63) is 42.5 Å². The Morgan fingerprint density at radius 3 is 2.96 bits per heavy atom. The summed E-state index contributed by atoms with van der Waals surface area (Å²) in [7, 11) is 1.69. The van der Waals surface area contributed by atoms with Crippen LogP contribution in [0.5, 0.6) is 5.75 Å². The van der Waals surface area contributed by atoms with Gasteiger partial charge < -0.3 is 20.3 Å². The molecule has 5 nitrogen and oxygen atoms in total. The van der Waals surface area contributed by atoms with Gasteiger partial charge in [-0.2, -0.15) is 0 Å². The van der Waals surface area contributed by atoms with E-state index in [-0.39, 0.29) is 11.9 Å². The minimum atomic E-state index is 0.0810. The summed E-state index contributed by atoms with van der Waals surface area (Å²) in [5.74, 6) is 0.935. The average Bonchev–Trinajstić information content (AvgIpc) is 2.76. The lowest BCUT2D eigenvalue weighted by Crippen LogP contribution is -2.51. The number of anilines is 2. The van der Waals surface area contributed by atoms with Crippen LogP contribution in [0, 0.1) is 0 Å². The van der Waals surface area contributed by atoms with Crippen LogP contribution in [0.3, 0.4) is 0 Å². The van der Waals surface area contributed by atoms with Crippen molar-refractivity contribution < 1.29 is 9.53 Å². The molecule has 0 bridgehead atoms. The number of hydrogen-bond donors (Lipinski definition) is 2. The molecule has 2 aliphatic rings. The molecule has 2 N–H and O–H groups in total. The van der Waals surface area contributed by atoms with Crippen LogP contribution in [0.15, 0.2) is 42.5 Å². The second-order valence-corrected chi connectivity index (χ2v) is 6.24. The Morgan fingerprint density at radius 2 is 2.08 bits per heavy atom. The van der Waals surface area contributed by atoms with E-state index < -0.39 is 0 Å². The number of benzene rings is 2. The summed E-state index contributed by atoms with van der Waals surface area (Å²) in [6, 6.07) is 14.4.